The second-order valence-corrected chi connectivity index (χ2v) is 20.0. The van der Waals surface area contributed by atoms with Gasteiger partial charge in [0.2, 0.25) is 0 Å². The van der Waals surface area contributed by atoms with Crippen LogP contribution in [0.1, 0.15) is 101 Å². The van der Waals surface area contributed by atoms with Gasteiger partial charge in [-0.15, -0.1) is 0 Å². The van der Waals surface area contributed by atoms with E-state index in [2.05, 4.69) is 60.7 Å². The van der Waals surface area contributed by atoms with Crippen molar-refractivity contribution in [1.82, 2.24) is 0 Å². The molecule has 2 aliphatic heterocycles. The summed E-state index contributed by atoms with van der Waals surface area (Å²) in [4.78, 5) is 24.5. The second kappa shape index (κ2) is 16.4. The van der Waals surface area contributed by atoms with Crippen molar-refractivity contribution < 1.29 is 38.4 Å². The minimum atomic E-state index is -1.86. The summed E-state index contributed by atoms with van der Waals surface area (Å²) in [6.45, 7) is 24.8. The Balaban J connectivity index is 2.09. The van der Waals surface area contributed by atoms with E-state index in [1.807, 2.05) is 32.1 Å². The van der Waals surface area contributed by atoms with E-state index < -0.39 is 44.2 Å². The van der Waals surface area contributed by atoms with Crippen LogP contribution >= 0.6 is 0 Å². The first-order chi connectivity index (χ1) is 20.7. The third-order valence-corrected chi connectivity index (χ3v) is 14.4. The van der Waals surface area contributed by atoms with Crippen molar-refractivity contribution in [1.29, 1.82) is 0 Å². The van der Waals surface area contributed by atoms with Crippen molar-refractivity contribution in [2.45, 2.75) is 162 Å². The average molecular weight is 651 g/mol. The highest BCUT2D eigenvalue weighted by Gasteiger charge is 2.48. The van der Waals surface area contributed by atoms with Crippen LogP contribution in [0.4, 0.5) is 0 Å². The van der Waals surface area contributed by atoms with Crippen LogP contribution in [-0.4, -0.2) is 72.7 Å². The Morgan fingerprint density at radius 3 is 2.44 bits per heavy atom. The molecule has 0 aliphatic carbocycles. The van der Waals surface area contributed by atoms with E-state index in [-0.39, 0.29) is 54.4 Å². The maximum atomic E-state index is 12.7. The lowest BCUT2D eigenvalue weighted by molar-refractivity contribution is -0.157. The maximum Gasteiger partial charge on any atom is 0.309 e. The fourth-order valence-electron chi connectivity index (χ4n) is 5.70. The van der Waals surface area contributed by atoms with Gasteiger partial charge in [-0.3, -0.25) is 9.59 Å². The summed E-state index contributed by atoms with van der Waals surface area (Å²) in [5.74, 6) is -0.658. The van der Waals surface area contributed by atoms with Gasteiger partial charge in [0.05, 0.1) is 24.7 Å². The lowest BCUT2D eigenvalue weighted by atomic mass is 9.88. The van der Waals surface area contributed by atoms with Gasteiger partial charge in [0.15, 0.2) is 8.32 Å². The Hall–Kier alpha value is -1.78. The number of carbonyl (C=O) groups excluding carboxylic acids is 2. The summed E-state index contributed by atoms with van der Waals surface area (Å²) in [7, 11) is -1.86. The van der Waals surface area contributed by atoms with Crippen LogP contribution < -0.4 is 0 Å². The van der Waals surface area contributed by atoms with Crippen LogP contribution in [0.25, 0.3) is 0 Å². The van der Waals surface area contributed by atoms with Crippen LogP contribution in [-0.2, 0) is 28.2 Å². The minimum Gasteiger partial charge on any atom is -0.457 e. The summed E-state index contributed by atoms with van der Waals surface area (Å²) >= 11 is 0. The molecular formula is C36H62O8Si. The molecule has 1 saturated heterocycles. The van der Waals surface area contributed by atoms with Crippen LogP contribution in [0.2, 0.25) is 18.1 Å². The van der Waals surface area contributed by atoms with E-state index in [1.54, 1.807) is 13.0 Å². The lowest BCUT2D eigenvalue weighted by Gasteiger charge is -2.40. The zero-order chi connectivity index (χ0) is 34.3. The molecule has 0 spiro atoms. The summed E-state index contributed by atoms with van der Waals surface area (Å²) in [5.41, 5.74) is -0.559. The van der Waals surface area contributed by atoms with Gasteiger partial charge < -0.3 is 28.8 Å². The fraction of sp³-hybridized carbons (Fsp3) is 0.778. The van der Waals surface area contributed by atoms with E-state index in [0.717, 1.165) is 18.4 Å². The molecule has 45 heavy (non-hydrogen) atoms. The smallest absolute Gasteiger partial charge is 0.309 e. The van der Waals surface area contributed by atoms with Crippen molar-refractivity contribution in [3.05, 3.63) is 36.0 Å². The summed E-state index contributed by atoms with van der Waals surface area (Å²) in [6.07, 6.45) is 9.74. The molecule has 2 N–H and O–H groups in total. The van der Waals surface area contributed by atoms with Crippen LogP contribution in [0.15, 0.2) is 36.0 Å². The average Bonchev–Trinajstić information content (AvgIpc) is 3.68. The molecule has 0 aromatic carbocycles. The molecule has 0 bridgehead atoms. The molecule has 2 heterocycles. The summed E-state index contributed by atoms with van der Waals surface area (Å²) < 4.78 is 24.2. The maximum absolute atomic E-state index is 12.7. The first-order valence-corrected chi connectivity index (χ1v) is 19.7. The third kappa shape index (κ3) is 12.1. The van der Waals surface area contributed by atoms with Crippen molar-refractivity contribution in [2.24, 2.45) is 17.8 Å². The van der Waals surface area contributed by atoms with Gasteiger partial charge in [-0.2, -0.15) is 0 Å². The van der Waals surface area contributed by atoms with Gasteiger partial charge >= 0.3 is 11.9 Å². The zero-order valence-corrected chi connectivity index (χ0v) is 31.0. The van der Waals surface area contributed by atoms with Crippen molar-refractivity contribution in [3.8, 4) is 0 Å². The molecule has 9 heteroatoms. The van der Waals surface area contributed by atoms with E-state index in [1.165, 1.54) is 6.92 Å². The molecule has 0 amide bonds. The van der Waals surface area contributed by atoms with Gasteiger partial charge in [-0.05, 0) is 75.2 Å². The van der Waals surface area contributed by atoms with E-state index in [0.29, 0.717) is 5.92 Å². The number of carbonyl (C=O) groups is 2. The van der Waals surface area contributed by atoms with Gasteiger partial charge in [0.25, 0.3) is 0 Å². The summed E-state index contributed by atoms with van der Waals surface area (Å²) in [6, 6.07) is 0. The van der Waals surface area contributed by atoms with E-state index in [9.17, 15) is 19.8 Å². The molecule has 10 unspecified atom stereocenters. The fourth-order valence-corrected chi connectivity index (χ4v) is 7.20. The Labute approximate surface area is 273 Å². The highest BCUT2D eigenvalue weighted by Crippen LogP contribution is 2.42. The molecule has 10 atom stereocenters. The number of aliphatic hydroxyl groups is 2. The van der Waals surface area contributed by atoms with Gasteiger partial charge in [-0.1, -0.05) is 72.8 Å². The largest absolute Gasteiger partial charge is 0.457 e. The Morgan fingerprint density at radius 2 is 1.87 bits per heavy atom. The molecular weight excluding hydrogens is 588 g/mol. The molecule has 258 valence electrons. The van der Waals surface area contributed by atoms with Gasteiger partial charge in [-0.25, -0.2) is 0 Å². The topological polar surface area (TPSA) is 115 Å². The first-order valence-electron chi connectivity index (χ1n) is 16.8. The number of rotatable bonds is 11. The van der Waals surface area contributed by atoms with Crippen LogP contribution in [0, 0.1) is 17.8 Å². The minimum absolute atomic E-state index is 0.152. The SMILES string of the molecule is CCC(O[Si](C)(C)C(C)(C)C)C(C)C1OC1CC(C)C=CC=C(C)C1OC(=O)CC(O)CCC(C)(O)C(OC(C)=O)C=CC1C. The molecule has 0 aromatic rings. The summed E-state index contributed by atoms with van der Waals surface area (Å²) in [5, 5.41) is 21.6. The van der Waals surface area contributed by atoms with Gasteiger partial charge in [0.1, 0.15) is 17.8 Å². The number of aliphatic hydroxyl groups excluding tert-OH is 1. The Kier molecular flexibility index (Phi) is 14.3. The number of hydrogen-bond donors (Lipinski definition) is 2. The van der Waals surface area contributed by atoms with Gasteiger partial charge in [0, 0.05) is 24.9 Å². The highest BCUT2D eigenvalue weighted by atomic mass is 28.4. The lowest BCUT2D eigenvalue weighted by Crippen LogP contribution is -2.46. The van der Waals surface area contributed by atoms with Crippen molar-refractivity contribution in [2.75, 3.05) is 0 Å². The molecule has 0 radical (unpaired) electrons. The monoisotopic (exact) mass is 650 g/mol. The molecule has 0 aromatic heterocycles. The van der Waals surface area contributed by atoms with Crippen LogP contribution in [0.3, 0.4) is 0 Å². The van der Waals surface area contributed by atoms with Crippen molar-refractivity contribution >= 4 is 20.3 Å². The second-order valence-electron chi connectivity index (χ2n) is 15.3. The van der Waals surface area contributed by atoms with E-state index in [4.69, 9.17) is 18.6 Å². The third-order valence-electron chi connectivity index (χ3n) is 9.85. The number of cyclic esters (lactones) is 1. The molecule has 2 rings (SSSR count). The quantitative estimate of drug-likeness (QED) is 0.0804. The number of hydrogen-bond acceptors (Lipinski definition) is 8. The number of allylic oxidation sites excluding steroid dienone is 3. The number of esters is 2. The first kappa shape index (κ1) is 39.4. The molecule has 1 fully saturated rings. The molecule has 8 nitrogen and oxygen atoms in total. The molecule has 2 aliphatic rings. The Bertz CT molecular complexity index is 1070. The standard InChI is InChI=1S/C36H62O8Si/c1-13-29(44-45(11,12)35(7,8)9)26(5)34-30(42-34)21-23(2)15-14-16-24(3)33-25(4)17-18-31(41-27(6)37)36(10,40)20-19-28(38)22-32(39)43-33/h14-18,23,25-26,28-31,33-34,38,40H,13,19-22H2,1-12H3. The Morgan fingerprint density at radius 1 is 1.22 bits per heavy atom. The predicted octanol–water partition coefficient (Wildman–Crippen LogP) is 7.05. The molecule has 0 saturated carbocycles. The predicted molar refractivity (Wildman–Crippen MR) is 181 cm³/mol. The van der Waals surface area contributed by atoms with E-state index >= 15 is 0 Å². The highest BCUT2D eigenvalue weighted by molar-refractivity contribution is 6.74. The van der Waals surface area contributed by atoms with Crippen LogP contribution in [0.5, 0.6) is 0 Å². The van der Waals surface area contributed by atoms with Crippen molar-refractivity contribution in [3.63, 3.8) is 0 Å². The number of epoxide rings is 1. The zero-order valence-electron chi connectivity index (χ0n) is 30.0. The number of ether oxygens (including phenoxy) is 3. The normalized spacial score (nSPS) is 32.7.